The smallest absolute Gasteiger partial charge is 0.207 e. The molecule has 0 bridgehead atoms. The van der Waals surface area contributed by atoms with E-state index in [1.807, 2.05) is 0 Å². The lowest BCUT2D eigenvalue weighted by molar-refractivity contribution is 0.415. The van der Waals surface area contributed by atoms with Crippen molar-refractivity contribution in [1.82, 2.24) is 19.8 Å². The SMILES string of the molecule is Fc1ccc(F)c(-c2nnc3sc(C4CCC4)nn23)c1. The van der Waals surface area contributed by atoms with Crippen molar-refractivity contribution < 1.29 is 8.78 Å². The van der Waals surface area contributed by atoms with E-state index in [2.05, 4.69) is 15.3 Å². The number of fused-ring (bicyclic) bond motifs is 1. The molecule has 20 heavy (non-hydrogen) atoms. The van der Waals surface area contributed by atoms with Gasteiger partial charge in [0.1, 0.15) is 16.6 Å². The van der Waals surface area contributed by atoms with Crippen molar-refractivity contribution in [3.8, 4) is 11.4 Å². The molecule has 0 unspecified atom stereocenters. The standard InChI is InChI=1S/C13H10F2N4S/c14-8-4-5-10(15)9(6-8)11-16-17-13-19(11)18-12(20-13)7-2-1-3-7/h4-7H,1-3H2. The number of benzene rings is 1. The molecule has 4 rings (SSSR count). The molecular weight excluding hydrogens is 282 g/mol. The molecule has 1 aliphatic carbocycles. The second kappa shape index (κ2) is 4.31. The Labute approximate surface area is 117 Å². The molecule has 3 aromatic rings. The van der Waals surface area contributed by atoms with Crippen LogP contribution in [0.3, 0.4) is 0 Å². The molecule has 0 atom stereocenters. The van der Waals surface area contributed by atoms with Gasteiger partial charge in [-0.2, -0.15) is 9.61 Å². The zero-order valence-corrected chi connectivity index (χ0v) is 11.2. The average Bonchev–Trinajstić information content (AvgIpc) is 2.90. The number of nitrogens with zero attached hydrogens (tertiary/aromatic N) is 4. The third-order valence-electron chi connectivity index (χ3n) is 3.63. The zero-order valence-electron chi connectivity index (χ0n) is 10.4. The topological polar surface area (TPSA) is 43.1 Å². The van der Waals surface area contributed by atoms with Crippen LogP contribution in [0, 0.1) is 11.6 Å². The first kappa shape index (κ1) is 11.9. The summed E-state index contributed by atoms with van der Waals surface area (Å²) >= 11 is 1.47. The Bertz CT molecular complexity index is 791. The fourth-order valence-corrected chi connectivity index (χ4v) is 3.30. The molecule has 0 N–H and O–H groups in total. The summed E-state index contributed by atoms with van der Waals surface area (Å²) in [5.74, 6) is -0.308. The lowest BCUT2D eigenvalue weighted by Crippen LogP contribution is -2.08. The van der Waals surface area contributed by atoms with Crippen molar-refractivity contribution in [3.63, 3.8) is 0 Å². The summed E-state index contributed by atoms with van der Waals surface area (Å²) in [7, 11) is 0. The molecule has 1 aromatic carbocycles. The van der Waals surface area contributed by atoms with Crippen molar-refractivity contribution in [2.75, 3.05) is 0 Å². The van der Waals surface area contributed by atoms with E-state index in [0.717, 1.165) is 36.0 Å². The molecule has 0 amide bonds. The lowest BCUT2D eigenvalue weighted by atomic mass is 9.86. The van der Waals surface area contributed by atoms with Crippen LogP contribution < -0.4 is 0 Å². The molecule has 0 radical (unpaired) electrons. The van der Waals surface area contributed by atoms with Crippen molar-refractivity contribution in [2.24, 2.45) is 0 Å². The van der Waals surface area contributed by atoms with E-state index in [9.17, 15) is 8.78 Å². The summed E-state index contributed by atoms with van der Waals surface area (Å²) in [4.78, 5) is 0.616. The summed E-state index contributed by atoms with van der Waals surface area (Å²) in [6, 6.07) is 3.29. The maximum Gasteiger partial charge on any atom is 0.234 e. The van der Waals surface area contributed by atoms with Gasteiger partial charge in [0.05, 0.1) is 5.56 Å². The van der Waals surface area contributed by atoms with Crippen LogP contribution in [0.1, 0.15) is 30.2 Å². The molecule has 0 spiro atoms. The second-order valence-corrected chi connectivity index (χ2v) is 5.90. The summed E-state index contributed by atoms with van der Waals surface area (Å²) in [5.41, 5.74) is 0.0861. The van der Waals surface area contributed by atoms with E-state index in [4.69, 9.17) is 0 Å². The van der Waals surface area contributed by atoms with E-state index in [0.29, 0.717) is 10.9 Å². The van der Waals surface area contributed by atoms with Crippen LogP contribution in [0.15, 0.2) is 18.2 Å². The maximum atomic E-state index is 13.8. The first-order chi connectivity index (χ1) is 9.72. The molecule has 1 fully saturated rings. The predicted octanol–water partition coefficient (Wildman–Crippen LogP) is 3.40. The zero-order chi connectivity index (χ0) is 13.7. The van der Waals surface area contributed by atoms with Crippen molar-refractivity contribution >= 4 is 16.3 Å². The highest BCUT2D eigenvalue weighted by molar-refractivity contribution is 7.16. The first-order valence-corrected chi connectivity index (χ1v) is 7.21. The van der Waals surface area contributed by atoms with Crippen LogP contribution in [0.5, 0.6) is 0 Å². The van der Waals surface area contributed by atoms with Gasteiger partial charge in [-0.3, -0.25) is 0 Å². The fourth-order valence-electron chi connectivity index (χ4n) is 2.29. The molecule has 4 nitrogen and oxygen atoms in total. The van der Waals surface area contributed by atoms with E-state index in [-0.39, 0.29) is 11.4 Å². The van der Waals surface area contributed by atoms with Crippen LogP contribution >= 0.6 is 11.3 Å². The summed E-state index contributed by atoms with van der Waals surface area (Å²) < 4.78 is 28.6. The van der Waals surface area contributed by atoms with Gasteiger partial charge >= 0.3 is 0 Å². The van der Waals surface area contributed by atoms with Crippen LogP contribution in [0.25, 0.3) is 16.3 Å². The van der Waals surface area contributed by atoms with Crippen LogP contribution in [-0.4, -0.2) is 19.8 Å². The molecule has 0 saturated heterocycles. The molecule has 1 aliphatic rings. The Morgan fingerprint density at radius 1 is 1.20 bits per heavy atom. The average molecular weight is 292 g/mol. The molecule has 7 heteroatoms. The summed E-state index contributed by atoms with van der Waals surface area (Å²) in [6.45, 7) is 0. The number of halogens is 2. The van der Waals surface area contributed by atoms with Gasteiger partial charge in [0, 0.05) is 5.92 Å². The van der Waals surface area contributed by atoms with Gasteiger partial charge in [-0.15, -0.1) is 10.2 Å². The van der Waals surface area contributed by atoms with Crippen LogP contribution in [0.2, 0.25) is 0 Å². The quantitative estimate of drug-likeness (QED) is 0.727. The number of rotatable bonds is 2. The minimum Gasteiger partial charge on any atom is -0.207 e. The Balaban J connectivity index is 1.86. The van der Waals surface area contributed by atoms with Gasteiger partial charge in [0.15, 0.2) is 5.82 Å². The lowest BCUT2D eigenvalue weighted by Gasteiger charge is -2.21. The van der Waals surface area contributed by atoms with Gasteiger partial charge in [-0.1, -0.05) is 17.8 Å². The van der Waals surface area contributed by atoms with Crippen molar-refractivity contribution in [1.29, 1.82) is 0 Å². The number of hydrogen-bond donors (Lipinski definition) is 0. The molecule has 0 aliphatic heterocycles. The monoisotopic (exact) mass is 292 g/mol. The Kier molecular flexibility index (Phi) is 2.56. The number of hydrogen-bond acceptors (Lipinski definition) is 4. The normalized spacial score (nSPS) is 15.7. The molecule has 1 saturated carbocycles. The van der Waals surface area contributed by atoms with E-state index < -0.39 is 11.6 Å². The first-order valence-electron chi connectivity index (χ1n) is 6.40. The Morgan fingerprint density at radius 2 is 2.05 bits per heavy atom. The highest BCUT2D eigenvalue weighted by Crippen LogP contribution is 2.38. The van der Waals surface area contributed by atoms with Crippen molar-refractivity contribution in [3.05, 3.63) is 34.8 Å². The Morgan fingerprint density at radius 3 is 2.80 bits per heavy atom. The third kappa shape index (κ3) is 1.73. The van der Waals surface area contributed by atoms with E-state index in [1.54, 1.807) is 0 Å². The maximum absolute atomic E-state index is 13.8. The molecule has 102 valence electrons. The highest BCUT2D eigenvalue weighted by Gasteiger charge is 2.25. The van der Waals surface area contributed by atoms with Gasteiger partial charge < -0.3 is 0 Å². The van der Waals surface area contributed by atoms with Gasteiger partial charge in [0.2, 0.25) is 4.96 Å². The molecule has 2 heterocycles. The van der Waals surface area contributed by atoms with Gasteiger partial charge in [-0.25, -0.2) is 8.78 Å². The summed E-state index contributed by atoms with van der Waals surface area (Å²) in [5, 5.41) is 13.4. The van der Waals surface area contributed by atoms with E-state index >= 15 is 0 Å². The third-order valence-corrected chi connectivity index (χ3v) is 4.69. The minimum atomic E-state index is -0.529. The predicted molar refractivity (Wildman–Crippen MR) is 70.6 cm³/mol. The second-order valence-electron chi connectivity index (χ2n) is 4.91. The molecule has 2 aromatic heterocycles. The largest absolute Gasteiger partial charge is 0.234 e. The fraction of sp³-hybridized carbons (Fsp3) is 0.308. The minimum absolute atomic E-state index is 0.0861. The molecular formula is C13H10F2N4S. The van der Waals surface area contributed by atoms with Crippen LogP contribution in [-0.2, 0) is 0 Å². The van der Waals surface area contributed by atoms with Crippen molar-refractivity contribution in [2.45, 2.75) is 25.2 Å². The summed E-state index contributed by atoms with van der Waals surface area (Å²) in [6.07, 6.45) is 3.48. The number of aromatic nitrogens is 4. The highest BCUT2D eigenvalue weighted by atomic mass is 32.1. The van der Waals surface area contributed by atoms with Gasteiger partial charge in [-0.05, 0) is 31.0 Å². The van der Waals surface area contributed by atoms with E-state index in [1.165, 1.54) is 22.3 Å². The Hall–Kier alpha value is -1.89. The van der Waals surface area contributed by atoms with Gasteiger partial charge in [0.25, 0.3) is 0 Å². The van der Waals surface area contributed by atoms with Crippen LogP contribution in [0.4, 0.5) is 8.78 Å².